The summed E-state index contributed by atoms with van der Waals surface area (Å²) in [6, 6.07) is 0.404. The molecule has 0 aromatic carbocycles. The smallest absolute Gasteiger partial charge is 0.0442 e. The van der Waals surface area contributed by atoms with Crippen molar-refractivity contribution in [1.29, 1.82) is 0 Å². The molecule has 1 aliphatic rings. The number of hydrogen-bond acceptors (Lipinski definition) is 2. The fourth-order valence-electron chi connectivity index (χ4n) is 3.43. The van der Waals surface area contributed by atoms with Crippen LogP contribution in [0.5, 0.6) is 0 Å². The largest absolute Gasteiger partial charge is 0.291 e. The lowest BCUT2D eigenvalue weighted by molar-refractivity contribution is 0.429. The summed E-state index contributed by atoms with van der Waals surface area (Å²) in [7, 11) is 0. The highest BCUT2D eigenvalue weighted by molar-refractivity contribution is 8.01. The van der Waals surface area contributed by atoms with E-state index in [0.717, 1.165) is 36.3 Å². The SMILES string of the molecule is C=C(CCC(CC(C)C(C)C)=NC(C)C)C(C)CCC1SCC1CC. The normalized spacial score (nSPS) is 23.6. The van der Waals surface area contributed by atoms with Crippen molar-refractivity contribution in [3.05, 3.63) is 12.2 Å². The molecule has 146 valence electrons. The molecule has 0 bridgehead atoms. The summed E-state index contributed by atoms with van der Waals surface area (Å²) in [6.45, 7) is 20.5. The maximum absolute atomic E-state index is 4.92. The molecule has 2 heteroatoms. The Hall–Kier alpha value is -0.240. The van der Waals surface area contributed by atoms with E-state index in [9.17, 15) is 0 Å². The Kier molecular flexibility index (Phi) is 10.5. The Morgan fingerprint density at radius 3 is 2.28 bits per heavy atom. The molecule has 1 aliphatic heterocycles. The van der Waals surface area contributed by atoms with Crippen molar-refractivity contribution in [2.75, 3.05) is 5.75 Å². The Labute approximate surface area is 162 Å². The van der Waals surface area contributed by atoms with Crippen molar-refractivity contribution < 1.29 is 0 Å². The minimum Gasteiger partial charge on any atom is -0.291 e. The average Bonchev–Trinajstić information content (AvgIpc) is 2.50. The van der Waals surface area contributed by atoms with Crippen molar-refractivity contribution >= 4 is 17.5 Å². The van der Waals surface area contributed by atoms with E-state index in [4.69, 9.17) is 4.99 Å². The molecule has 1 rings (SSSR count). The van der Waals surface area contributed by atoms with E-state index in [1.807, 2.05) is 0 Å². The molecule has 0 saturated carbocycles. The van der Waals surface area contributed by atoms with E-state index in [-0.39, 0.29) is 0 Å². The zero-order chi connectivity index (χ0) is 19.0. The zero-order valence-corrected chi connectivity index (χ0v) is 18.8. The summed E-state index contributed by atoms with van der Waals surface area (Å²) < 4.78 is 0. The van der Waals surface area contributed by atoms with E-state index in [1.54, 1.807) is 0 Å². The summed E-state index contributed by atoms with van der Waals surface area (Å²) >= 11 is 2.18. The van der Waals surface area contributed by atoms with Crippen LogP contribution in [0.3, 0.4) is 0 Å². The highest BCUT2D eigenvalue weighted by atomic mass is 32.2. The molecule has 25 heavy (non-hydrogen) atoms. The molecule has 1 heterocycles. The lowest BCUT2D eigenvalue weighted by Gasteiger charge is -2.36. The van der Waals surface area contributed by atoms with Crippen molar-refractivity contribution in [2.24, 2.45) is 28.7 Å². The molecule has 0 radical (unpaired) electrons. The van der Waals surface area contributed by atoms with Gasteiger partial charge in [-0.25, -0.2) is 0 Å². The van der Waals surface area contributed by atoms with Gasteiger partial charge in [-0.1, -0.05) is 53.2 Å². The lowest BCUT2D eigenvalue weighted by Crippen LogP contribution is -2.30. The van der Waals surface area contributed by atoms with Gasteiger partial charge in [-0.2, -0.15) is 11.8 Å². The minimum absolute atomic E-state index is 0.404. The number of hydrogen-bond donors (Lipinski definition) is 0. The first-order chi connectivity index (χ1) is 11.7. The van der Waals surface area contributed by atoms with E-state index in [1.165, 1.54) is 36.3 Å². The first kappa shape index (κ1) is 22.8. The summed E-state index contributed by atoms with van der Waals surface area (Å²) in [6.07, 6.45) is 7.41. The van der Waals surface area contributed by atoms with Gasteiger partial charge in [0.25, 0.3) is 0 Å². The third kappa shape index (κ3) is 8.33. The molecule has 0 aliphatic carbocycles. The maximum Gasteiger partial charge on any atom is 0.0442 e. The summed E-state index contributed by atoms with van der Waals surface area (Å²) in [5.41, 5.74) is 2.84. The molecule has 1 fully saturated rings. The summed E-state index contributed by atoms with van der Waals surface area (Å²) in [4.78, 5) is 4.92. The van der Waals surface area contributed by atoms with Crippen LogP contribution in [0.1, 0.15) is 87.0 Å². The van der Waals surface area contributed by atoms with Gasteiger partial charge in [0.1, 0.15) is 0 Å². The number of nitrogens with zero attached hydrogens (tertiary/aromatic N) is 1. The van der Waals surface area contributed by atoms with Crippen LogP contribution in [0.4, 0.5) is 0 Å². The van der Waals surface area contributed by atoms with E-state index in [0.29, 0.717) is 17.9 Å². The molecule has 0 aromatic heterocycles. The van der Waals surface area contributed by atoms with Crippen LogP contribution in [0.25, 0.3) is 0 Å². The van der Waals surface area contributed by atoms with Crippen LogP contribution < -0.4 is 0 Å². The molecule has 4 atom stereocenters. The summed E-state index contributed by atoms with van der Waals surface area (Å²) in [5, 5.41) is 0.921. The Bertz CT molecular complexity index is 422. The van der Waals surface area contributed by atoms with Gasteiger partial charge in [-0.15, -0.1) is 0 Å². The molecular formula is C23H43NS. The van der Waals surface area contributed by atoms with Crippen LogP contribution in [-0.2, 0) is 0 Å². The molecule has 0 amide bonds. The third-order valence-electron chi connectivity index (χ3n) is 6.03. The van der Waals surface area contributed by atoms with Crippen LogP contribution in [0, 0.1) is 23.7 Å². The van der Waals surface area contributed by atoms with Crippen LogP contribution >= 0.6 is 11.8 Å². The van der Waals surface area contributed by atoms with Gasteiger partial charge in [0.05, 0.1) is 0 Å². The van der Waals surface area contributed by atoms with Gasteiger partial charge in [-0.3, -0.25) is 4.99 Å². The van der Waals surface area contributed by atoms with Gasteiger partial charge in [0, 0.05) is 17.0 Å². The van der Waals surface area contributed by atoms with Gasteiger partial charge in [-0.05, 0) is 75.4 Å². The fourth-order valence-corrected chi connectivity index (χ4v) is 4.90. The van der Waals surface area contributed by atoms with Gasteiger partial charge in [0.2, 0.25) is 0 Å². The summed E-state index contributed by atoms with van der Waals surface area (Å²) in [5.74, 6) is 4.46. The van der Waals surface area contributed by atoms with Gasteiger partial charge >= 0.3 is 0 Å². The van der Waals surface area contributed by atoms with E-state index >= 15 is 0 Å². The third-order valence-corrected chi connectivity index (χ3v) is 7.70. The topological polar surface area (TPSA) is 12.4 Å². The van der Waals surface area contributed by atoms with Gasteiger partial charge < -0.3 is 0 Å². The van der Waals surface area contributed by atoms with E-state index < -0.39 is 0 Å². The molecule has 0 N–H and O–H groups in total. The highest BCUT2D eigenvalue weighted by Gasteiger charge is 2.29. The number of aliphatic imine (C=N–C) groups is 1. The predicted octanol–water partition coefficient (Wildman–Crippen LogP) is 7.41. The second kappa shape index (κ2) is 11.5. The van der Waals surface area contributed by atoms with E-state index in [2.05, 4.69) is 66.8 Å². The zero-order valence-electron chi connectivity index (χ0n) is 18.0. The first-order valence-electron chi connectivity index (χ1n) is 10.6. The lowest BCUT2D eigenvalue weighted by atomic mass is 9.87. The predicted molar refractivity (Wildman–Crippen MR) is 118 cm³/mol. The molecule has 4 unspecified atom stereocenters. The maximum atomic E-state index is 4.92. The molecule has 1 saturated heterocycles. The average molecular weight is 366 g/mol. The van der Waals surface area contributed by atoms with Crippen molar-refractivity contribution in [1.82, 2.24) is 0 Å². The Morgan fingerprint density at radius 2 is 1.80 bits per heavy atom. The van der Waals surface area contributed by atoms with Crippen molar-refractivity contribution in [2.45, 2.75) is 98.3 Å². The van der Waals surface area contributed by atoms with Crippen molar-refractivity contribution in [3.63, 3.8) is 0 Å². The quantitative estimate of drug-likeness (QED) is 0.259. The van der Waals surface area contributed by atoms with Crippen LogP contribution in [0.15, 0.2) is 17.1 Å². The van der Waals surface area contributed by atoms with Crippen LogP contribution in [-0.4, -0.2) is 22.8 Å². The second-order valence-electron chi connectivity index (χ2n) is 8.89. The molecule has 1 nitrogen and oxygen atoms in total. The molecule has 0 spiro atoms. The minimum atomic E-state index is 0.404. The Balaban J connectivity index is 2.42. The van der Waals surface area contributed by atoms with Gasteiger partial charge in [0.15, 0.2) is 0 Å². The number of allylic oxidation sites excluding steroid dienone is 1. The fraction of sp³-hybridized carbons (Fsp3) is 0.870. The monoisotopic (exact) mass is 365 g/mol. The molecular weight excluding hydrogens is 322 g/mol. The first-order valence-corrected chi connectivity index (χ1v) is 11.6. The van der Waals surface area contributed by atoms with Crippen LogP contribution in [0.2, 0.25) is 0 Å². The van der Waals surface area contributed by atoms with Crippen molar-refractivity contribution in [3.8, 4) is 0 Å². The Morgan fingerprint density at radius 1 is 1.12 bits per heavy atom. The number of rotatable bonds is 12. The molecule has 0 aromatic rings. The standard InChI is InChI=1S/C23H43NS/c1-9-21-15-25-23(21)13-11-19(7)18(6)10-12-22(24-17(4)5)14-20(8)16(2)3/h16-17,19-21,23H,6,9-15H2,1-5,7-8H3. The highest BCUT2D eigenvalue weighted by Crippen LogP contribution is 2.40. The second-order valence-corrected chi connectivity index (χ2v) is 10.2. The number of thioether (sulfide) groups is 1.